The molecule has 10 heteroatoms. The monoisotopic (exact) mass is 454 g/mol. The second-order valence-electron chi connectivity index (χ2n) is 8.71. The van der Waals surface area contributed by atoms with Gasteiger partial charge in [0.25, 0.3) is 5.91 Å². The molecular formula is C22H26N6O3S. The van der Waals surface area contributed by atoms with Crippen molar-refractivity contribution >= 4 is 39.5 Å². The van der Waals surface area contributed by atoms with Crippen molar-refractivity contribution in [1.29, 1.82) is 0 Å². The van der Waals surface area contributed by atoms with Gasteiger partial charge in [0.05, 0.1) is 28.0 Å². The number of ether oxygens (including phenoxy) is 1. The molecule has 1 saturated heterocycles. The average Bonchev–Trinajstić information content (AvgIpc) is 3.17. The predicted octanol–water partition coefficient (Wildman–Crippen LogP) is 3.61. The average molecular weight is 455 g/mol. The summed E-state index contributed by atoms with van der Waals surface area (Å²) in [5.41, 5.74) is 1.32. The van der Waals surface area contributed by atoms with Crippen LogP contribution in [0.1, 0.15) is 49.9 Å². The summed E-state index contributed by atoms with van der Waals surface area (Å²) in [7, 11) is 0. The molecule has 0 spiro atoms. The number of anilines is 1. The normalized spacial score (nSPS) is 15.2. The molecule has 0 aromatic carbocycles. The van der Waals surface area contributed by atoms with Crippen LogP contribution >= 0.6 is 11.3 Å². The molecule has 4 rings (SSSR count). The summed E-state index contributed by atoms with van der Waals surface area (Å²) in [4.78, 5) is 40.1. The first kappa shape index (κ1) is 21.9. The largest absolute Gasteiger partial charge is 0.444 e. The van der Waals surface area contributed by atoms with Gasteiger partial charge in [0.15, 0.2) is 5.69 Å². The van der Waals surface area contributed by atoms with E-state index in [-0.39, 0.29) is 24.1 Å². The maximum absolute atomic E-state index is 13.0. The second-order valence-corrected chi connectivity index (χ2v) is 9.62. The Balaban J connectivity index is 1.44. The highest BCUT2D eigenvalue weighted by Gasteiger charge is 2.35. The van der Waals surface area contributed by atoms with Crippen LogP contribution in [0.15, 0.2) is 35.8 Å². The zero-order valence-corrected chi connectivity index (χ0v) is 19.3. The molecule has 2 N–H and O–H groups in total. The number of thiophene rings is 1. The molecule has 0 aliphatic carbocycles. The van der Waals surface area contributed by atoms with E-state index < -0.39 is 5.60 Å². The minimum Gasteiger partial charge on any atom is -0.444 e. The number of aromatic nitrogens is 3. The van der Waals surface area contributed by atoms with Crippen LogP contribution in [-0.4, -0.2) is 56.6 Å². The van der Waals surface area contributed by atoms with Crippen LogP contribution < -0.4 is 10.6 Å². The number of nitrogens with zero attached hydrogens (tertiary/aromatic N) is 4. The molecule has 9 nitrogen and oxygen atoms in total. The first-order valence-corrected chi connectivity index (χ1v) is 11.3. The van der Waals surface area contributed by atoms with Gasteiger partial charge >= 0.3 is 6.09 Å². The highest BCUT2D eigenvalue weighted by Crippen LogP contribution is 2.25. The lowest BCUT2D eigenvalue weighted by Crippen LogP contribution is -2.61. The zero-order valence-electron chi connectivity index (χ0n) is 18.5. The summed E-state index contributed by atoms with van der Waals surface area (Å²) in [5.74, 6) is 0.0745. The van der Waals surface area contributed by atoms with Gasteiger partial charge in [0.1, 0.15) is 5.60 Å². The molecule has 3 aromatic rings. The van der Waals surface area contributed by atoms with Crippen molar-refractivity contribution < 1.29 is 14.3 Å². The predicted molar refractivity (Wildman–Crippen MR) is 123 cm³/mol. The van der Waals surface area contributed by atoms with E-state index in [1.807, 2.05) is 57.3 Å². The van der Waals surface area contributed by atoms with Crippen molar-refractivity contribution in [2.24, 2.45) is 0 Å². The van der Waals surface area contributed by atoms with Crippen LogP contribution in [0.4, 0.5) is 10.7 Å². The van der Waals surface area contributed by atoms with Gasteiger partial charge in [0, 0.05) is 19.3 Å². The Labute approximate surface area is 190 Å². The molecular weight excluding hydrogens is 428 g/mol. The standard InChI is InChI=1S/C22H26N6O3S/c1-13(15-7-5-6-9-23-15)24-20-26-16-8-10-32-18(16)17(27-20)19(29)25-14-11-28(12-14)21(30)31-22(2,3)4/h5-10,13-14H,11-12H2,1-4H3,(H,25,29)(H,24,26,27). The molecule has 1 fully saturated rings. The van der Waals surface area contributed by atoms with E-state index in [9.17, 15) is 9.59 Å². The number of carbonyl (C=O) groups is 2. The van der Waals surface area contributed by atoms with Gasteiger partial charge in [-0.1, -0.05) is 6.07 Å². The summed E-state index contributed by atoms with van der Waals surface area (Å²) < 4.78 is 6.08. The third-order valence-corrected chi connectivity index (χ3v) is 5.77. The molecule has 1 unspecified atom stereocenters. The van der Waals surface area contributed by atoms with E-state index in [1.165, 1.54) is 11.3 Å². The SMILES string of the molecule is CC(Nc1nc(C(=O)NC2CN(C(=O)OC(C)(C)C)C2)c2sccc2n1)c1ccccn1. The van der Waals surface area contributed by atoms with Crippen LogP contribution in [0.2, 0.25) is 0 Å². The van der Waals surface area contributed by atoms with Crippen molar-refractivity contribution in [2.75, 3.05) is 18.4 Å². The van der Waals surface area contributed by atoms with Gasteiger partial charge in [-0.3, -0.25) is 9.78 Å². The Morgan fingerprint density at radius 3 is 2.69 bits per heavy atom. The molecule has 0 radical (unpaired) electrons. The van der Waals surface area contributed by atoms with Gasteiger partial charge in [-0.25, -0.2) is 14.8 Å². The molecule has 4 heterocycles. The smallest absolute Gasteiger partial charge is 0.410 e. The van der Waals surface area contributed by atoms with E-state index in [0.717, 1.165) is 10.4 Å². The second kappa shape index (κ2) is 8.70. The number of likely N-dealkylation sites (tertiary alicyclic amines) is 1. The first-order valence-electron chi connectivity index (χ1n) is 10.4. The minimum atomic E-state index is -0.549. The van der Waals surface area contributed by atoms with E-state index in [0.29, 0.717) is 30.2 Å². The fourth-order valence-electron chi connectivity index (χ4n) is 3.28. The number of carbonyl (C=O) groups excluding carboxylic acids is 2. The summed E-state index contributed by atoms with van der Waals surface area (Å²) in [6.45, 7) is 8.24. The number of hydrogen-bond donors (Lipinski definition) is 2. The molecule has 1 aliphatic heterocycles. The van der Waals surface area contributed by atoms with Gasteiger partial charge in [-0.2, -0.15) is 0 Å². The quantitative estimate of drug-likeness (QED) is 0.606. The van der Waals surface area contributed by atoms with Crippen molar-refractivity contribution in [3.63, 3.8) is 0 Å². The Hall–Kier alpha value is -3.27. The van der Waals surface area contributed by atoms with Gasteiger partial charge in [-0.15, -0.1) is 11.3 Å². The highest BCUT2D eigenvalue weighted by molar-refractivity contribution is 7.17. The first-order chi connectivity index (χ1) is 15.2. The fraction of sp³-hybridized carbons (Fsp3) is 0.409. The lowest BCUT2D eigenvalue weighted by atomic mass is 10.1. The summed E-state index contributed by atoms with van der Waals surface area (Å²) in [6.07, 6.45) is 1.36. The molecule has 1 atom stereocenters. The van der Waals surface area contributed by atoms with Crippen molar-refractivity contribution in [3.05, 3.63) is 47.2 Å². The molecule has 2 amide bonds. The van der Waals surface area contributed by atoms with Crippen LogP contribution in [0.5, 0.6) is 0 Å². The van der Waals surface area contributed by atoms with E-state index in [4.69, 9.17) is 4.74 Å². The van der Waals surface area contributed by atoms with E-state index in [2.05, 4.69) is 25.6 Å². The fourth-order valence-corrected chi connectivity index (χ4v) is 4.10. The Morgan fingerprint density at radius 1 is 1.22 bits per heavy atom. The summed E-state index contributed by atoms with van der Waals surface area (Å²) in [5, 5.41) is 8.08. The van der Waals surface area contributed by atoms with Gasteiger partial charge in [0.2, 0.25) is 5.95 Å². The maximum atomic E-state index is 13.0. The van der Waals surface area contributed by atoms with E-state index in [1.54, 1.807) is 11.1 Å². The van der Waals surface area contributed by atoms with Crippen LogP contribution in [-0.2, 0) is 4.74 Å². The third kappa shape index (κ3) is 4.96. The Bertz CT molecular complexity index is 1120. The topological polar surface area (TPSA) is 109 Å². The lowest BCUT2D eigenvalue weighted by Gasteiger charge is -2.39. The molecule has 3 aromatic heterocycles. The van der Waals surface area contributed by atoms with Crippen molar-refractivity contribution in [3.8, 4) is 0 Å². The summed E-state index contributed by atoms with van der Waals surface area (Å²) >= 11 is 1.42. The number of pyridine rings is 1. The Morgan fingerprint density at radius 2 is 2.00 bits per heavy atom. The van der Waals surface area contributed by atoms with Crippen LogP contribution in [0.25, 0.3) is 10.2 Å². The number of hydrogen-bond acceptors (Lipinski definition) is 8. The lowest BCUT2D eigenvalue weighted by molar-refractivity contribution is 0.00532. The zero-order chi connectivity index (χ0) is 22.9. The minimum absolute atomic E-state index is 0.128. The van der Waals surface area contributed by atoms with Crippen molar-refractivity contribution in [2.45, 2.75) is 45.4 Å². The molecule has 0 saturated carbocycles. The number of amides is 2. The number of fused-ring (bicyclic) bond motifs is 1. The third-order valence-electron chi connectivity index (χ3n) is 4.86. The van der Waals surface area contributed by atoms with Crippen LogP contribution in [0.3, 0.4) is 0 Å². The van der Waals surface area contributed by atoms with Crippen molar-refractivity contribution in [1.82, 2.24) is 25.2 Å². The molecule has 32 heavy (non-hydrogen) atoms. The molecule has 0 bridgehead atoms. The number of nitrogens with one attached hydrogen (secondary N) is 2. The van der Waals surface area contributed by atoms with E-state index >= 15 is 0 Å². The van der Waals surface area contributed by atoms with Gasteiger partial charge < -0.3 is 20.3 Å². The maximum Gasteiger partial charge on any atom is 0.410 e. The number of rotatable bonds is 5. The molecule has 168 valence electrons. The van der Waals surface area contributed by atoms with Gasteiger partial charge in [-0.05, 0) is 51.3 Å². The molecule has 1 aliphatic rings. The Kier molecular flexibility index (Phi) is 5.96. The summed E-state index contributed by atoms with van der Waals surface area (Å²) in [6, 6.07) is 7.28. The highest BCUT2D eigenvalue weighted by atomic mass is 32.1. The van der Waals surface area contributed by atoms with Crippen LogP contribution in [0, 0.1) is 0 Å².